The summed E-state index contributed by atoms with van der Waals surface area (Å²) in [5.41, 5.74) is 6.45. The van der Waals surface area contributed by atoms with E-state index >= 15 is 0 Å². The zero-order chi connectivity index (χ0) is 14.3. The molecule has 108 valence electrons. The van der Waals surface area contributed by atoms with Crippen LogP contribution in [0.3, 0.4) is 0 Å². The Kier molecular flexibility index (Phi) is 3.41. The number of alkyl halides is 1. The molecule has 0 bridgehead atoms. The van der Waals surface area contributed by atoms with Crippen LogP contribution in [-0.4, -0.2) is 0 Å². The summed E-state index contributed by atoms with van der Waals surface area (Å²) in [6.07, 6.45) is 7.84. The van der Waals surface area contributed by atoms with Crippen molar-refractivity contribution in [1.29, 1.82) is 0 Å². The van der Waals surface area contributed by atoms with Gasteiger partial charge in [0.2, 0.25) is 0 Å². The van der Waals surface area contributed by atoms with Crippen molar-refractivity contribution >= 4 is 15.9 Å². The highest BCUT2D eigenvalue weighted by Crippen LogP contribution is 2.60. The molecule has 0 nitrogen and oxygen atoms in total. The highest BCUT2D eigenvalue weighted by molar-refractivity contribution is 9.09. The van der Waals surface area contributed by atoms with Gasteiger partial charge in [0.05, 0.1) is 0 Å². The van der Waals surface area contributed by atoms with Gasteiger partial charge in [-0.15, -0.1) is 0 Å². The number of benzene rings is 2. The second-order valence-electron chi connectivity index (χ2n) is 6.62. The average Bonchev–Trinajstić information content (AvgIpc) is 3.36. The van der Waals surface area contributed by atoms with Crippen molar-refractivity contribution in [2.45, 2.75) is 48.8 Å². The van der Waals surface area contributed by atoms with E-state index in [9.17, 15) is 0 Å². The summed E-state index contributed by atoms with van der Waals surface area (Å²) < 4.78 is 0. The Bertz CT molecular complexity index is 640. The maximum atomic E-state index is 4.03. The van der Waals surface area contributed by atoms with Crippen LogP contribution in [0.2, 0.25) is 0 Å². The predicted molar refractivity (Wildman–Crippen MR) is 92.1 cm³/mol. The van der Waals surface area contributed by atoms with Crippen molar-refractivity contribution in [3.63, 3.8) is 0 Å². The maximum Gasteiger partial charge on any atom is 0.0492 e. The van der Waals surface area contributed by atoms with Crippen LogP contribution in [0.5, 0.6) is 0 Å². The largest absolute Gasteiger partial charge is 0.0829 e. The van der Waals surface area contributed by atoms with E-state index in [-0.39, 0.29) is 0 Å². The molecule has 2 aliphatic rings. The molecule has 1 atom stereocenters. The third-order valence-corrected chi connectivity index (χ3v) is 6.69. The smallest absolute Gasteiger partial charge is 0.0492 e. The summed E-state index contributed by atoms with van der Waals surface area (Å²) in [4.78, 5) is 0.444. The van der Waals surface area contributed by atoms with Gasteiger partial charge in [0, 0.05) is 10.2 Å². The minimum atomic E-state index is 0.324. The third kappa shape index (κ3) is 2.36. The predicted octanol–water partition coefficient (Wildman–Crippen LogP) is 5.73. The summed E-state index contributed by atoms with van der Waals surface area (Å²) in [6, 6.07) is 18.2. The average molecular weight is 341 g/mol. The zero-order valence-electron chi connectivity index (χ0n) is 12.3. The number of hydrogen-bond donors (Lipinski definition) is 0. The Morgan fingerprint density at radius 2 is 1.57 bits per heavy atom. The second-order valence-corrected chi connectivity index (χ2v) is 7.54. The normalized spacial score (nSPS) is 20.6. The molecule has 0 aromatic heterocycles. The molecule has 0 saturated heterocycles. The van der Waals surface area contributed by atoms with Crippen molar-refractivity contribution in [2.24, 2.45) is 0 Å². The highest BCUT2D eigenvalue weighted by atomic mass is 79.9. The topological polar surface area (TPSA) is 0 Å². The minimum Gasteiger partial charge on any atom is -0.0829 e. The second kappa shape index (κ2) is 5.28. The van der Waals surface area contributed by atoms with Gasteiger partial charge in [0.1, 0.15) is 0 Å². The third-order valence-electron chi connectivity index (χ3n) is 5.29. The lowest BCUT2D eigenvalue weighted by Gasteiger charge is -2.25. The zero-order valence-corrected chi connectivity index (χ0v) is 13.9. The van der Waals surface area contributed by atoms with Crippen LogP contribution < -0.4 is 0 Å². The van der Waals surface area contributed by atoms with E-state index in [1.54, 1.807) is 11.1 Å². The lowest BCUT2D eigenvalue weighted by Crippen LogP contribution is -2.14. The molecule has 2 aromatic carbocycles. The summed E-state index contributed by atoms with van der Waals surface area (Å²) >= 11 is 4.03. The molecule has 0 radical (unpaired) electrons. The highest BCUT2D eigenvalue weighted by Gasteiger charge is 2.50. The number of hydrogen-bond acceptors (Lipinski definition) is 0. The van der Waals surface area contributed by atoms with Gasteiger partial charge in [-0.2, -0.15) is 0 Å². The van der Waals surface area contributed by atoms with E-state index in [0.717, 1.165) is 0 Å². The number of fused-ring (bicyclic) bond motifs is 1. The van der Waals surface area contributed by atoms with Crippen molar-refractivity contribution in [3.8, 4) is 0 Å². The molecule has 1 saturated carbocycles. The van der Waals surface area contributed by atoms with Gasteiger partial charge < -0.3 is 0 Å². The van der Waals surface area contributed by atoms with E-state index in [1.165, 1.54) is 49.7 Å². The lowest BCUT2D eigenvalue weighted by molar-refractivity contribution is 0.666. The van der Waals surface area contributed by atoms with Crippen LogP contribution in [0.1, 0.15) is 52.8 Å². The molecule has 4 rings (SSSR count). The molecule has 0 N–H and O–H groups in total. The molecule has 2 aromatic rings. The molecule has 2 aliphatic carbocycles. The summed E-state index contributed by atoms with van der Waals surface area (Å²) in [5, 5.41) is 0. The Balaban J connectivity index is 1.67. The fourth-order valence-electron chi connectivity index (χ4n) is 3.82. The van der Waals surface area contributed by atoms with E-state index in [2.05, 4.69) is 64.5 Å². The van der Waals surface area contributed by atoms with Gasteiger partial charge in [-0.05, 0) is 60.8 Å². The Morgan fingerprint density at radius 1 is 0.857 bits per heavy atom. The van der Waals surface area contributed by atoms with E-state index in [0.29, 0.717) is 10.2 Å². The molecule has 0 heterocycles. The first-order chi connectivity index (χ1) is 10.3. The first-order valence-corrected chi connectivity index (χ1v) is 9.02. The standard InChI is InChI=1S/C20H21Br/c21-19(20(12-13-20)18-8-2-1-3-9-18)17-11-10-15-6-4-5-7-16(15)14-17/h1-3,8-11,14,19H,4-7,12-13H2. The fraction of sp³-hybridized carbons (Fsp3) is 0.400. The summed E-state index contributed by atoms with van der Waals surface area (Å²) in [7, 11) is 0. The van der Waals surface area contributed by atoms with Crippen LogP contribution in [-0.2, 0) is 18.3 Å². The fourth-order valence-corrected chi connectivity index (χ4v) is 4.83. The molecule has 1 fully saturated rings. The van der Waals surface area contributed by atoms with E-state index in [1.807, 2.05) is 0 Å². The van der Waals surface area contributed by atoms with Gasteiger partial charge in [-0.1, -0.05) is 64.5 Å². The first-order valence-electron chi connectivity index (χ1n) is 8.11. The van der Waals surface area contributed by atoms with Crippen molar-refractivity contribution < 1.29 is 0 Å². The molecular formula is C20H21Br. The van der Waals surface area contributed by atoms with Crippen LogP contribution in [0.4, 0.5) is 0 Å². The molecule has 0 aliphatic heterocycles. The van der Waals surface area contributed by atoms with Crippen LogP contribution in [0, 0.1) is 0 Å². The Morgan fingerprint density at radius 3 is 2.29 bits per heavy atom. The van der Waals surface area contributed by atoms with Crippen LogP contribution in [0.15, 0.2) is 48.5 Å². The Hall–Kier alpha value is -1.08. The summed E-state index contributed by atoms with van der Waals surface area (Å²) in [5.74, 6) is 0. The number of halogens is 1. The quantitative estimate of drug-likeness (QED) is 0.625. The van der Waals surface area contributed by atoms with Gasteiger partial charge >= 0.3 is 0 Å². The van der Waals surface area contributed by atoms with Gasteiger partial charge in [0.15, 0.2) is 0 Å². The van der Waals surface area contributed by atoms with Crippen molar-refractivity contribution in [1.82, 2.24) is 0 Å². The van der Waals surface area contributed by atoms with E-state index < -0.39 is 0 Å². The molecular weight excluding hydrogens is 320 g/mol. The molecule has 1 heteroatoms. The van der Waals surface area contributed by atoms with Gasteiger partial charge in [0.25, 0.3) is 0 Å². The maximum absolute atomic E-state index is 4.03. The van der Waals surface area contributed by atoms with E-state index in [4.69, 9.17) is 0 Å². The lowest BCUT2D eigenvalue weighted by atomic mass is 9.85. The SMILES string of the molecule is BrC(c1ccc2c(c1)CCCC2)C1(c2ccccc2)CC1. The molecule has 21 heavy (non-hydrogen) atoms. The van der Waals surface area contributed by atoms with Crippen molar-refractivity contribution in [3.05, 3.63) is 70.8 Å². The molecule has 0 spiro atoms. The van der Waals surface area contributed by atoms with Crippen molar-refractivity contribution in [2.75, 3.05) is 0 Å². The molecule has 1 unspecified atom stereocenters. The minimum absolute atomic E-state index is 0.324. The number of rotatable bonds is 3. The van der Waals surface area contributed by atoms with Gasteiger partial charge in [-0.3, -0.25) is 0 Å². The van der Waals surface area contributed by atoms with Crippen LogP contribution >= 0.6 is 15.9 Å². The molecule has 0 amide bonds. The monoisotopic (exact) mass is 340 g/mol. The first kappa shape index (κ1) is 13.6. The summed E-state index contributed by atoms with van der Waals surface area (Å²) in [6.45, 7) is 0. The van der Waals surface area contributed by atoms with Crippen LogP contribution in [0.25, 0.3) is 0 Å². The number of aryl methyl sites for hydroxylation is 2. The van der Waals surface area contributed by atoms with Gasteiger partial charge in [-0.25, -0.2) is 0 Å². The Labute approximate surface area is 135 Å².